The molecule has 1 heterocycles. The Labute approximate surface area is 156 Å². The summed E-state index contributed by atoms with van der Waals surface area (Å²) < 4.78 is 1.22. The molecule has 0 saturated carbocycles. The summed E-state index contributed by atoms with van der Waals surface area (Å²) in [4.78, 5) is 42.2. The number of amides is 1. The van der Waals surface area contributed by atoms with Crippen LogP contribution in [0.25, 0.3) is 0 Å². The average molecular weight is 370 g/mol. The number of rotatable bonds is 7. The van der Waals surface area contributed by atoms with E-state index in [0.717, 1.165) is 5.56 Å². The molecule has 0 fully saturated rings. The van der Waals surface area contributed by atoms with E-state index >= 15 is 0 Å². The van der Waals surface area contributed by atoms with Gasteiger partial charge >= 0.3 is 5.69 Å². The number of nitriles is 1. The number of nitrogens with two attached hydrogens (primary N) is 1. The van der Waals surface area contributed by atoms with Gasteiger partial charge in [-0.2, -0.15) is 5.26 Å². The highest BCUT2D eigenvalue weighted by Crippen LogP contribution is 2.18. The topological polar surface area (TPSA) is 128 Å². The third-order valence-electron chi connectivity index (χ3n) is 4.03. The molecule has 0 atom stereocenters. The standard InChI is InChI=1S/C18H22N6O3/c1-3-23(14(25)12-22(2)10-9-19)15-16(20)24(18(27)21-17(15)26)11-13-7-5-4-6-8-13/h4-8H,3,10-12,20H2,1-2H3,(H,21,26,27). The number of aromatic amines is 1. The van der Waals surface area contributed by atoms with Crippen LogP contribution in [0.5, 0.6) is 0 Å². The fourth-order valence-electron chi connectivity index (χ4n) is 2.71. The molecule has 0 saturated heterocycles. The fourth-order valence-corrected chi connectivity index (χ4v) is 2.71. The molecule has 0 spiro atoms. The van der Waals surface area contributed by atoms with Crippen molar-refractivity contribution in [3.05, 3.63) is 56.7 Å². The minimum absolute atomic E-state index is 0.0574. The van der Waals surface area contributed by atoms with Crippen molar-refractivity contribution in [2.75, 3.05) is 37.3 Å². The second kappa shape index (κ2) is 8.82. The Morgan fingerprint density at radius 1 is 1.30 bits per heavy atom. The number of carbonyl (C=O) groups excluding carboxylic acids is 1. The van der Waals surface area contributed by atoms with Gasteiger partial charge in [-0.1, -0.05) is 30.3 Å². The maximum atomic E-state index is 12.6. The molecule has 142 valence electrons. The van der Waals surface area contributed by atoms with E-state index in [9.17, 15) is 14.4 Å². The van der Waals surface area contributed by atoms with E-state index in [0.29, 0.717) is 0 Å². The molecule has 3 N–H and O–H groups in total. The Bertz CT molecular complexity index is 958. The van der Waals surface area contributed by atoms with Gasteiger partial charge in [-0.3, -0.25) is 24.0 Å². The zero-order valence-corrected chi connectivity index (χ0v) is 15.3. The molecule has 1 aromatic carbocycles. The highest BCUT2D eigenvalue weighted by atomic mass is 16.2. The number of likely N-dealkylation sites (N-methyl/N-ethyl adjacent to an activating group) is 2. The van der Waals surface area contributed by atoms with E-state index in [1.165, 1.54) is 14.4 Å². The van der Waals surface area contributed by atoms with E-state index in [-0.39, 0.29) is 37.7 Å². The predicted molar refractivity (Wildman–Crippen MR) is 102 cm³/mol. The second-order valence-electron chi connectivity index (χ2n) is 6.03. The molecule has 0 aliphatic carbocycles. The number of hydrogen-bond acceptors (Lipinski definition) is 6. The maximum absolute atomic E-state index is 12.6. The molecule has 0 bridgehead atoms. The van der Waals surface area contributed by atoms with Crippen LogP contribution in [-0.2, 0) is 11.3 Å². The van der Waals surface area contributed by atoms with Gasteiger partial charge in [0.2, 0.25) is 5.91 Å². The number of anilines is 2. The van der Waals surface area contributed by atoms with Gasteiger partial charge < -0.3 is 10.6 Å². The monoisotopic (exact) mass is 370 g/mol. The Morgan fingerprint density at radius 2 is 1.96 bits per heavy atom. The number of carbonyl (C=O) groups is 1. The van der Waals surface area contributed by atoms with Crippen molar-refractivity contribution in [2.24, 2.45) is 0 Å². The molecule has 1 amide bonds. The lowest BCUT2D eigenvalue weighted by atomic mass is 10.2. The van der Waals surface area contributed by atoms with Crippen molar-refractivity contribution in [3.63, 3.8) is 0 Å². The van der Waals surface area contributed by atoms with Crippen molar-refractivity contribution in [2.45, 2.75) is 13.5 Å². The third-order valence-corrected chi connectivity index (χ3v) is 4.03. The van der Waals surface area contributed by atoms with Crippen molar-refractivity contribution >= 4 is 17.4 Å². The number of nitrogen functional groups attached to an aromatic ring is 1. The Hall–Kier alpha value is -3.38. The van der Waals surface area contributed by atoms with Crippen LogP contribution in [0, 0.1) is 11.3 Å². The van der Waals surface area contributed by atoms with E-state index in [4.69, 9.17) is 11.0 Å². The number of nitrogens with zero attached hydrogens (tertiary/aromatic N) is 4. The summed E-state index contributed by atoms with van der Waals surface area (Å²) in [6.45, 7) is 2.07. The van der Waals surface area contributed by atoms with E-state index < -0.39 is 17.2 Å². The van der Waals surface area contributed by atoms with E-state index in [1.54, 1.807) is 14.0 Å². The largest absolute Gasteiger partial charge is 0.383 e. The van der Waals surface area contributed by atoms with Gasteiger partial charge in [0, 0.05) is 6.54 Å². The van der Waals surface area contributed by atoms with E-state index in [1.807, 2.05) is 36.4 Å². The van der Waals surface area contributed by atoms with E-state index in [2.05, 4.69) is 4.98 Å². The van der Waals surface area contributed by atoms with Crippen molar-refractivity contribution < 1.29 is 4.79 Å². The number of hydrogen-bond donors (Lipinski definition) is 2. The Morgan fingerprint density at radius 3 is 2.56 bits per heavy atom. The van der Waals surface area contributed by atoms with Gasteiger partial charge in [0.25, 0.3) is 5.56 Å². The lowest BCUT2D eigenvalue weighted by Gasteiger charge is -2.25. The lowest BCUT2D eigenvalue weighted by molar-refractivity contribution is -0.119. The van der Waals surface area contributed by atoms with Crippen LogP contribution in [0.4, 0.5) is 11.5 Å². The number of benzene rings is 1. The SMILES string of the molecule is CCN(C(=O)CN(C)CC#N)c1c(N)n(Cc2ccccc2)c(=O)[nH]c1=O. The Kier molecular flexibility index (Phi) is 6.51. The van der Waals surface area contributed by atoms with Crippen LogP contribution < -0.4 is 21.9 Å². The summed E-state index contributed by atoms with van der Waals surface area (Å²) in [5, 5.41) is 8.73. The summed E-state index contributed by atoms with van der Waals surface area (Å²) in [5.41, 5.74) is 5.51. The smallest absolute Gasteiger partial charge is 0.330 e. The quantitative estimate of drug-likeness (QED) is 0.659. The molecule has 9 heteroatoms. The molecule has 0 radical (unpaired) electrons. The molecular formula is C18H22N6O3. The highest BCUT2D eigenvalue weighted by molar-refractivity contribution is 5.96. The molecule has 0 unspecified atom stereocenters. The molecule has 27 heavy (non-hydrogen) atoms. The third kappa shape index (κ3) is 4.62. The highest BCUT2D eigenvalue weighted by Gasteiger charge is 2.23. The van der Waals surface area contributed by atoms with Crippen LogP contribution in [0.2, 0.25) is 0 Å². The van der Waals surface area contributed by atoms with Crippen LogP contribution in [-0.4, -0.2) is 47.0 Å². The van der Waals surface area contributed by atoms with Gasteiger partial charge in [0.15, 0.2) is 5.69 Å². The zero-order valence-electron chi connectivity index (χ0n) is 15.3. The summed E-state index contributed by atoms with van der Waals surface area (Å²) in [6.07, 6.45) is 0. The van der Waals surface area contributed by atoms with Gasteiger partial charge in [-0.25, -0.2) is 4.79 Å². The minimum Gasteiger partial charge on any atom is -0.383 e. The molecule has 9 nitrogen and oxygen atoms in total. The summed E-state index contributed by atoms with van der Waals surface area (Å²) >= 11 is 0. The van der Waals surface area contributed by atoms with Crippen molar-refractivity contribution in [1.82, 2.24) is 14.5 Å². The van der Waals surface area contributed by atoms with Crippen LogP contribution in [0.1, 0.15) is 12.5 Å². The normalized spacial score (nSPS) is 10.6. The first-order chi connectivity index (χ1) is 12.9. The summed E-state index contributed by atoms with van der Waals surface area (Å²) in [6, 6.07) is 11.1. The van der Waals surface area contributed by atoms with Crippen molar-refractivity contribution in [3.8, 4) is 6.07 Å². The first-order valence-electron chi connectivity index (χ1n) is 8.41. The number of nitrogens with one attached hydrogen (secondary N) is 1. The van der Waals surface area contributed by atoms with Crippen molar-refractivity contribution in [1.29, 1.82) is 5.26 Å². The Balaban J connectivity index is 2.44. The van der Waals surface area contributed by atoms with Crippen LogP contribution >= 0.6 is 0 Å². The average Bonchev–Trinajstić information content (AvgIpc) is 2.63. The van der Waals surface area contributed by atoms with Gasteiger partial charge in [0.1, 0.15) is 5.82 Å². The maximum Gasteiger partial charge on any atom is 0.330 e. The van der Waals surface area contributed by atoms with Gasteiger partial charge in [0.05, 0.1) is 25.7 Å². The summed E-state index contributed by atoms with van der Waals surface area (Å²) in [7, 11) is 1.62. The predicted octanol–water partition coefficient (Wildman–Crippen LogP) is -0.0246. The molecule has 1 aromatic heterocycles. The first-order valence-corrected chi connectivity index (χ1v) is 8.41. The summed E-state index contributed by atoms with van der Waals surface area (Å²) in [5.74, 6) is -0.469. The number of H-pyrrole nitrogens is 1. The molecule has 2 rings (SSSR count). The second-order valence-corrected chi connectivity index (χ2v) is 6.03. The first kappa shape index (κ1) is 19.9. The van der Waals surface area contributed by atoms with Crippen LogP contribution in [0.3, 0.4) is 0 Å². The van der Waals surface area contributed by atoms with Gasteiger partial charge in [-0.05, 0) is 19.5 Å². The molecule has 2 aromatic rings. The molecular weight excluding hydrogens is 348 g/mol. The molecule has 0 aliphatic rings. The zero-order chi connectivity index (χ0) is 20.0. The molecule has 0 aliphatic heterocycles. The fraction of sp³-hybridized carbons (Fsp3) is 0.333. The number of aromatic nitrogens is 2. The van der Waals surface area contributed by atoms with Crippen LogP contribution in [0.15, 0.2) is 39.9 Å². The van der Waals surface area contributed by atoms with Gasteiger partial charge in [-0.15, -0.1) is 0 Å². The minimum atomic E-state index is -0.722. The lowest BCUT2D eigenvalue weighted by Crippen LogP contribution is -2.44.